The van der Waals surface area contributed by atoms with Crippen molar-refractivity contribution in [3.8, 4) is 11.4 Å². The van der Waals surface area contributed by atoms with Gasteiger partial charge in [0.1, 0.15) is 5.82 Å². The molecule has 0 N–H and O–H groups in total. The number of benzene rings is 1. The summed E-state index contributed by atoms with van der Waals surface area (Å²) >= 11 is 0. The molecule has 0 saturated carbocycles. The molecule has 1 fully saturated rings. The maximum Gasteiger partial charge on any atom is 0.274 e. The second kappa shape index (κ2) is 9.73. The van der Waals surface area contributed by atoms with Crippen molar-refractivity contribution in [3.05, 3.63) is 115 Å². The van der Waals surface area contributed by atoms with Crippen LogP contribution in [0.2, 0.25) is 0 Å². The van der Waals surface area contributed by atoms with Gasteiger partial charge >= 0.3 is 0 Å². The Balaban J connectivity index is 1.22. The first-order chi connectivity index (χ1) is 18.2. The zero-order valence-electron chi connectivity index (χ0n) is 20.3. The summed E-state index contributed by atoms with van der Waals surface area (Å²) < 4.78 is 4.05. The van der Waals surface area contributed by atoms with Crippen LogP contribution in [0, 0.1) is 0 Å². The first kappa shape index (κ1) is 22.7. The van der Waals surface area contributed by atoms with Crippen molar-refractivity contribution in [1.82, 2.24) is 28.7 Å². The number of carbonyl (C=O) groups is 2. The molecule has 0 unspecified atom stereocenters. The fraction of sp³-hybridized carbons (Fsp3) is 0.172. The van der Waals surface area contributed by atoms with E-state index in [0.29, 0.717) is 44.0 Å². The smallest absolute Gasteiger partial charge is 0.274 e. The molecule has 6 rings (SSSR count). The Morgan fingerprint density at radius 2 is 1.54 bits per heavy atom. The molecule has 8 nitrogen and oxygen atoms in total. The number of carbonyl (C=O) groups excluding carboxylic acids is 2. The van der Waals surface area contributed by atoms with Gasteiger partial charge in [-0.15, -0.1) is 0 Å². The molecule has 37 heavy (non-hydrogen) atoms. The lowest BCUT2D eigenvalue weighted by Gasteiger charge is -2.34. The Bertz CT molecular complexity index is 1550. The lowest BCUT2D eigenvalue weighted by molar-refractivity contribution is 0.0533. The Hall–Kier alpha value is -4.72. The number of pyridine rings is 2. The Kier molecular flexibility index (Phi) is 5.98. The predicted molar refractivity (Wildman–Crippen MR) is 140 cm³/mol. The number of aromatic nitrogens is 4. The molecule has 0 atom stereocenters. The van der Waals surface area contributed by atoms with E-state index in [9.17, 15) is 9.59 Å². The van der Waals surface area contributed by atoms with Crippen LogP contribution in [-0.4, -0.2) is 66.7 Å². The van der Waals surface area contributed by atoms with Gasteiger partial charge in [-0.1, -0.05) is 30.3 Å². The number of imidazole rings is 1. The summed E-state index contributed by atoms with van der Waals surface area (Å²) in [6, 6.07) is 21.0. The summed E-state index contributed by atoms with van der Waals surface area (Å²) in [7, 11) is 0. The van der Waals surface area contributed by atoms with Gasteiger partial charge < -0.3 is 14.4 Å². The van der Waals surface area contributed by atoms with Gasteiger partial charge in [0.15, 0.2) is 5.69 Å². The van der Waals surface area contributed by atoms with E-state index >= 15 is 0 Å². The van der Waals surface area contributed by atoms with Crippen LogP contribution in [0.4, 0.5) is 0 Å². The first-order valence-corrected chi connectivity index (χ1v) is 12.3. The number of amides is 2. The van der Waals surface area contributed by atoms with Gasteiger partial charge in [-0.3, -0.25) is 19.0 Å². The van der Waals surface area contributed by atoms with Crippen LogP contribution >= 0.6 is 0 Å². The summed E-state index contributed by atoms with van der Waals surface area (Å²) in [5, 5.41) is 0. The van der Waals surface area contributed by atoms with Crippen molar-refractivity contribution in [2.24, 2.45) is 0 Å². The molecule has 0 bridgehead atoms. The zero-order chi connectivity index (χ0) is 25.2. The molecule has 0 radical (unpaired) electrons. The van der Waals surface area contributed by atoms with Gasteiger partial charge in [0.2, 0.25) is 0 Å². The van der Waals surface area contributed by atoms with Crippen LogP contribution in [0.25, 0.3) is 16.9 Å². The topological polar surface area (TPSA) is 75.7 Å². The Morgan fingerprint density at radius 3 is 2.30 bits per heavy atom. The van der Waals surface area contributed by atoms with Crippen LogP contribution in [0.3, 0.4) is 0 Å². The van der Waals surface area contributed by atoms with E-state index in [1.54, 1.807) is 16.0 Å². The largest absolute Gasteiger partial charge is 0.349 e. The molecule has 184 valence electrons. The van der Waals surface area contributed by atoms with Crippen molar-refractivity contribution in [2.75, 3.05) is 26.2 Å². The third kappa shape index (κ3) is 4.49. The SMILES string of the molecule is O=C(c1ccccc1)N1CCN(C(=O)c2nc(-c3ccn(Cc4cccnc4)c3)n3ccccc23)CC1. The van der Waals surface area contributed by atoms with Crippen LogP contribution in [0.5, 0.6) is 0 Å². The number of piperazine rings is 1. The maximum atomic E-state index is 13.6. The molecule has 4 aromatic heterocycles. The molecule has 5 heterocycles. The quantitative estimate of drug-likeness (QED) is 0.375. The van der Waals surface area contributed by atoms with Crippen molar-refractivity contribution in [3.63, 3.8) is 0 Å². The molecule has 8 heteroatoms. The van der Waals surface area contributed by atoms with Crippen LogP contribution in [-0.2, 0) is 6.54 Å². The third-order valence-corrected chi connectivity index (χ3v) is 6.72. The minimum Gasteiger partial charge on any atom is -0.349 e. The van der Waals surface area contributed by atoms with Crippen molar-refractivity contribution in [1.29, 1.82) is 0 Å². The van der Waals surface area contributed by atoms with E-state index in [2.05, 4.69) is 9.55 Å². The summed E-state index contributed by atoms with van der Waals surface area (Å²) in [4.78, 5) is 39.0. The van der Waals surface area contributed by atoms with E-state index in [-0.39, 0.29) is 11.8 Å². The predicted octanol–water partition coefficient (Wildman–Crippen LogP) is 3.84. The normalized spacial score (nSPS) is 13.7. The highest BCUT2D eigenvalue weighted by atomic mass is 16.2. The first-order valence-electron chi connectivity index (χ1n) is 12.3. The lowest BCUT2D eigenvalue weighted by Crippen LogP contribution is -2.50. The molecule has 0 aliphatic carbocycles. The second-order valence-electron chi connectivity index (χ2n) is 9.12. The van der Waals surface area contributed by atoms with Crippen molar-refractivity contribution in [2.45, 2.75) is 6.54 Å². The molecule has 2 amide bonds. The van der Waals surface area contributed by atoms with Gasteiger partial charge in [0.25, 0.3) is 11.8 Å². The highest BCUT2D eigenvalue weighted by molar-refractivity contribution is 6.00. The monoisotopic (exact) mass is 490 g/mol. The second-order valence-corrected chi connectivity index (χ2v) is 9.12. The summed E-state index contributed by atoms with van der Waals surface area (Å²) in [6.07, 6.45) is 9.60. The zero-order valence-corrected chi connectivity index (χ0v) is 20.3. The highest BCUT2D eigenvalue weighted by Gasteiger charge is 2.28. The van der Waals surface area contributed by atoms with E-state index in [1.165, 1.54) is 0 Å². The number of hydrogen-bond acceptors (Lipinski definition) is 4. The van der Waals surface area contributed by atoms with Gasteiger partial charge in [0, 0.05) is 74.8 Å². The van der Waals surface area contributed by atoms with Crippen LogP contribution < -0.4 is 0 Å². The van der Waals surface area contributed by atoms with Crippen molar-refractivity contribution >= 4 is 17.3 Å². The molecule has 1 saturated heterocycles. The lowest BCUT2D eigenvalue weighted by atomic mass is 10.2. The van der Waals surface area contributed by atoms with E-state index in [1.807, 2.05) is 95.9 Å². The molecule has 1 aliphatic rings. The third-order valence-electron chi connectivity index (χ3n) is 6.72. The van der Waals surface area contributed by atoms with Gasteiger partial charge in [-0.2, -0.15) is 0 Å². The minimum absolute atomic E-state index is 0.00165. The van der Waals surface area contributed by atoms with Gasteiger partial charge in [-0.05, 0) is 42.0 Å². The Morgan fingerprint density at radius 1 is 0.784 bits per heavy atom. The molecule has 1 aliphatic heterocycles. The van der Waals surface area contributed by atoms with E-state index in [0.717, 1.165) is 22.5 Å². The summed E-state index contributed by atoms with van der Waals surface area (Å²) in [5.74, 6) is 0.608. The standard InChI is InChI=1S/C29H26N6O2/c36-28(23-8-2-1-3-9-23)33-15-17-34(18-16-33)29(37)26-25-10-4-5-13-35(25)27(31-26)24-11-14-32(21-24)20-22-7-6-12-30-19-22/h1-14,19,21H,15-18,20H2. The molecule has 1 aromatic carbocycles. The number of nitrogens with zero attached hydrogens (tertiary/aromatic N) is 6. The molecular formula is C29H26N6O2. The maximum absolute atomic E-state index is 13.6. The summed E-state index contributed by atoms with van der Waals surface area (Å²) in [6.45, 7) is 2.64. The van der Waals surface area contributed by atoms with Crippen LogP contribution in [0.1, 0.15) is 26.4 Å². The Labute approximate surface area is 214 Å². The van der Waals surface area contributed by atoms with E-state index in [4.69, 9.17) is 4.98 Å². The highest BCUT2D eigenvalue weighted by Crippen LogP contribution is 2.25. The fourth-order valence-electron chi connectivity index (χ4n) is 4.80. The molecular weight excluding hydrogens is 464 g/mol. The number of rotatable bonds is 5. The van der Waals surface area contributed by atoms with Gasteiger partial charge in [0.05, 0.1) is 5.52 Å². The van der Waals surface area contributed by atoms with E-state index < -0.39 is 0 Å². The van der Waals surface area contributed by atoms with Crippen molar-refractivity contribution < 1.29 is 9.59 Å². The molecule has 5 aromatic rings. The average molecular weight is 491 g/mol. The number of hydrogen-bond donors (Lipinski definition) is 0. The van der Waals surface area contributed by atoms with Gasteiger partial charge in [-0.25, -0.2) is 4.98 Å². The fourth-order valence-corrected chi connectivity index (χ4v) is 4.80. The average Bonchev–Trinajstić information content (AvgIpc) is 3.58. The number of fused-ring (bicyclic) bond motifs is 1. The summed E-state index contributed by atoms with van der Waals surface area (Å²) in [5.41, 5.74) is 3.91. The van der Waals surface area contributed by atoms with Crippen LogP contribution in [0.15, 0.2) is 97.7 Å². The molecule has 0 spiro atoms. The minimum atomic E-state index is -0.114.